The molecule has 0 bridgehead atoms. The van der Waals surface area contributed by atoms with E-state index >= 15 is 0 Å². The molecule has 2 aromatic carbocycles. The number of hydrogen-bond donors (Lipinski definition) is 3. The molecule has 0 fully saturated rings. The summed E-state index contributed by atoms with van der Waals surface area (Å²) in [5.74, 6) is 0.223. The Morgan fingerprint density at radius 1 is 1.19 bits per heavy atom. The highest BCUT2D eigenvalue weighted by Crippen LogP contribution is 2.17. The molecule has 2 aromatic rings. The summed E-state index contributed by atoms with van der Waals surface area (Å²) in [6.45, 7) is 2.81. The van der Waals surface area contributed by atoms with Gasteiger partial charge in [-0.25, -0.2) is 0 Å². The van der Waals surface area contributed by atoms with Crippen LogP contribution in [0.3, 0.4) is 0 Å². The summed E-state index contributed by atoms with van der Waals surface area (Å²) in [6.07, 6.45) is 0.465. The van der Waals surface area contributed by atoms with Crippen molar-refractivity contribution in [2.75, 3.05) is 0 Å². The van der Waals surface area contributed by atoms with Gasteiger partial charge in [-0.05, 0) is 18.1 Å². The first-order chi connectivity index (χ1) is 10.2. The number of nitrogens with one attached hydrogen (secondary N) is 1. The molecule has 0 saturated heterocycles. The highest BCUT2D eigenvalue weighted by atomic mass is 16.4. The maximum Gasteiger partial charge on any atom is 0.141 e. The number of rotatable bonds is 6. The van der Waals surface area contributed by atoms with Crippen LogP contribution < -0.4 is 11.1 Å². The van der Waals surface area contributed by atoms with Gasteiger partial charge in [-0.2, -0.15) is 0 Å². The van der Waals surface area contributed by atoms with Crippen LogP contribution in [-0.2, 0) is 6.54 Å². The lowest BCUT2D eigenvalue weighted by Crippen LogP contribution is -2.26. The summed E-state index contributed by atoms with van der Waals surface area (Å²) < 4.78 is 0. The third-order valence-corrected chi connectivity index (χ3v) is 3.38. The van der Waals surface area contributed by atoms with E-state index in [1.165, 1.54) is 11.1 Å². The summed E-state index contributed by atoms with van der Waals surface area (Å²) >= 11 is 0. The second-order valence-electron chi connectivity index (χ2n) is 5.13. The maximum absolute atomic E-state index is 8.79. The predicted octanol–water partition coefficient (Wildman–Crippen LogP) is 2.96. The molecule has 0 amide bonds. The van der Waals surface area contributed by atoms with Gasteiger partial charge in [-0.15, -0.1) is 0 Å². The first kappa shape index (κ1) is 15.1. The van der Waals surface area contributed by atoms with Gasteiger partial charge in [0, 0.05) is 19.0 Å². The van der Waals surface area contributed by atoms with Crippen LogP contribution in [0.25, 0.3) is 0 Å². The number of oxime groups is 1. The van der Waals surface area contributed by atoms with Crippen LogP contribution in [0.15, 0.2) is 59.8 Å². The van der Waals surface area contributed by atoms with Gasteiger partial charge < -0.3 is 16.3 Å². The quantitative estimate of drug-likeness (QED) is 0.330. The molecule has 0 radical (unpaired) electrons. The van der Waals surface area contributed by atoms with Gasteiger partial charge in [-0.1, -0.05) is 65.3 Å². The average molecular weight is 283 g/mol. The topological polar surface area (TPSA) is 70.6 Å². The first-order valence-electron chi connectivity index (χ1n) is 6.99. The van der Waals surface area contributed by atoms with Gasteiger partial charge in [0.25, 0.3) is 0 Å². The van der Waals surface area contributed by atoms with Crippen LogP contribution in [0.5, 0.6) is 0 Å². The van der Waals surface area contributed by atoms with Gasteiger partial charge in [-0.3, -0.25) is 0 Å². The molecule has 21 heavy (non-hydrogen) atoms. The molecular formula is C17H21N3O. The Morgan fingerprint density at radius 2 is 1.95 bits per heavy atom. The van der Waals surface area contributed by atoms with Gasteiger partial charge in [0.05, 0.1) is 0 Å². The minimum atomic E-state index is 0.0163. The minimum Gasteiger partial charge on any atom is -0.409 e. The molecule has 0 aromatic heterocycles. The lowest BCUT2D eigenvalue weighted by atomic mass is 10.0. The first-order valence-corrected chi connectivity index (χ1v) is 6.99. The lowest BCUT2D eigenvalue weighted by Gasteiger charge is -2.19. The summed E-state index contributed by atoms with van der Waals surface area (Å²) in [4.78, 5) is 0. The Hall–Kier alpha value is -2.33. The lowest BCUT2D eigenvalue weighted by molar-refractivity contribution is 0.315. The Kier molecular flexibility index (Phi) is 5.35. The Balaban J connectivity index is 2.09. The number of nitrogens with two attached hydrogens (primary N) is 1. The highest BCUT2D eigenvalue weighted by Gasteiger charge is 2.13. The largest absolute Gasteiger partial charge is 0.409 e. The van der Waals surface area contributed by atoms with Crippen molar-refractivity contribution in [3.8, 4) is 0 Å². The van der Waals surface area contributed by atoms with Gasteiger partial charge in [0.1, 0.15) is 5.84 Å². The third kappa shape index (κ3) is 4.61. The molecule has 4 N–H and O–H groups in total. The Labute approximate surface area is 125 Å². The second kappa shape index (κ2) is 7.45. The molecule has 0 aliphatic heterocycles. The average Bonchev–Trinajstić information content (AvgIpc) is 2.52. The Morgan fingerprint density at radius 3 is 2.62 bits per heavy atom. The van der Waals surface area contributed by atoms with E-state index in [0.29, 0.717) is 6.42 Å². The summed E-state index contributed by atoms with van der Waals surface area (Å²) in [6, 6.07) is 18.4. The smallest absolute Gasteiger partial charge is 0.141 e. The van der Waals surface area contributed by atoms with Crippen molar-refractivity contribution in [1.82, 2.24) is 5.32 Å². The SMILES string of the molecule is Cc1cccc(CNC(CC(N)=NO)c2ccccc2)c1. The van der Waals surface area contributed by atoms with Crippen molar-refractivity contribution in [3.05, 3.63) is 71.3 Å². The maximum atomic E-state index is 8.79. The Bertz CT molecular complexity index is 596. The number of amidine groups is 1. The highest BCUT2D eigenvalue weighted by molar-refractivity contribution is 5.80. The standard InChI is InChI=1S/C17H21N3O/c1-13-6-5-7-14(10-13)12-19-16(11-17(18)20-21)15-8-3-2-4-9-15/h2-10,16,19,21H,11-12H2,1H3,(H2,18,20). The van der Waals surface area contributed by atoms with Crippen LogP contribution in [0, 0.1) is 6.92 Å². The summed E-state index contributed by atoms with van der Waals surface area (Å²) in [7, 11) is 0. The van der Waals surface area contributed by atoms with Crippen LogP contribution in [0.1, 0.15) is 29.2 Å². The molecule has 4 heteroatoms. The molecule has 0 aliphatic carbocycles. The zero-order chi connectivity index (χ0) is 15.1. The van der Waals surface area contributed by atoms with Crippen LogP contribution in [0.2, 0.25) is 0 Å². The second-order valence-corrected chi connectivity index (χ2v) is 5.13. The van der Waals surface area contributed by atoms with Crippen LogP contribution >= 0.6 is 0 Å². The molecule has 0 spiro atoms. The monoisotopic (exact) mass is 283 g/mol. The van der Waals surface area contributed by atoms with Crippen molar-refractivity contribution in [1.29, 1.82) is 0 Å². The number of aryl methyl sites for hydroxylation is 1. The molecular weight excluding hydrogens is 262 g/mol. The summed E-state index contributed by atoms with van der Waals surface area (Å²) in [5.41, 5.74) is 9.24. The van der Waals surface area contributed by atoms with E-state index in [1.807, 2.05) is 36.4 Å². The molecule has 0 saturated carbocycles. The van der Waals surface area contributed by atoms with Crippen molar-refractivity contribution >= 4 is 5.84 Å². The van der Waals surface area contributed by atoms with Gasteiger partial charge in [0.15, 0.2) is 0 Å². The minimum absolute atomic E-state index is 0.0163. The van der Waals surface area contributed by atoms with E-state index in [1.54, 1.807) is 0 Å². The third-order valence-electron chi connectivity index (χ3n) is 3.38. The van der Waals surface area contributed by atoms with Crippen molar-refractivity contribution in [2.24, 2.45) is 10.9 Å². The van der Waals surface area contributed by atoms with Crippen LogP contribution in [-0.4, -0.2) is 11.0 Å². The van der Waals surface area contributed by atoms with E-state index in [4.69, 9.17) is 10.9 Å². The van der Waals surface area contributed by atoms with Crippen molar-refractivity contribution < 1.29 is 5.21 Å². The molecule has 110 valence electrons. The van der Waals surface area contributed by atoms with E-state index in [2.05, 4.69) is 35.6 Å². The molecule has 0 heterocycles. The fourth-order valence-corrected chi connectivity index (χ4v) is 2.31. The molecule has 1 atom stereocenters. The fourth-order valence-electron chi connectivity index (χ4n) is 2.31. The molecule has 2 rings (SSSR count). The summed E-state index contributed by atoms with van der Waals surface area (Å²) in [5, 5.41) is 15.3. The van der Waals surface area contributed by atoms with Crippen molar-refractivity contribution in [3.63, 3.8) is 0 Å². The normalized spacial score (nSPS) is 13.1. The zero-order valence-electron chi connectivity index (χ0n) is 12.2. The van der Waals surface area contributed by atoms with Crippen molar-refractivity contribution in [2.45, 2.75) is 25.9 Å². The predicted molar refractivity (Wildman–Crippen MR) is 85.2 cm³/mol. The van der Waals surface area contributed by atoms with Gasteiger partial charge in [0.2, 0.25) is 0 Å². The number of hydrogen-bond acceptors (Lipinski definition) is 3. The van der Waals surface area contributed by atoms with E-state index in [0.717, 1.165) is 12.1 Å². The molecule has 4 nitrogen and oxygen atoms in total. The number of nitrogens with zero attached hydrogens (tertiary/aromatic N) is 1. The van der Waals surface area contributed by atoms with E-state index in [-0.39, 0.29) is 11.9 Å². The fraction of sp³-hybridized carbons (Fsp3) is 0.235. The number of benzene rings is 2. The molecule has 0 aliphatic rings. The van der Waals surface area contributed by atoms with Gasteiger partial charge >= 0.3 is 0 Å². The van der Waals surface area contributed by atoms with E-state index < -0.39 is 0 Å². The van der Waals surface area contributed by atoms with E-state index in [9.17, 15) is 0 Å². The van der Waals surface area contributed by atoms with Crippen LogP contribution in [0.4, 0.5) is 0 Å². The molecule has 1 unspecified atom stereocenters. The zero-order valence-corrected chi connectivity index (χ0v) is 12.2.